The number of fused-ring (bicyclic) bond motifs is 1. The van der Waals surface area contributed by atoms with Crippen LogP contribution in [0.2, 0.25) is 0 Å². The first-order chi connectivity index (χ1) is 10.1. The van der Waals surface area contributed by atoms with Crippen molar-refractivity contribution < 1.29 is 14.3 Å². The highest BCUT2D eigenvalue weighted by Gasteiger charge is 2.23. The van der Waals surface area contributed by atoms with Crippen LogP contribution in [-0.4, -0.2) is 23.8 Å². The average molecular weight is 294 g/mol. The van der Waals surface area contributed by atoms with E-state index in [0.29, 0.717) is 6.42 Å². The fourth-order valence-electron chi connectivity index (χ4n) is 2.84. The largest absolute Gasteiger partial charge is 0.396 e. The molecular formula is C16H23FN2O2. The van der Waals surface area contributed by atoms with Crippen LogP contribution in [0.5, 0.6) is 0 Å². The Balaban J connectivity index is 2.01. The first-order valence-corrected chi connectivity index (χ1v) is 7.60. The maximum absolute atomic E-state index is 13.4. The van der Waals surface area contributed by atoms with E-state index in [0.717, 1.165) is 36.8 Å². The third kappa shape index (κ3) is 4.17. The van der Waals surface area contributed by atoms with Crippen molar-refractivity contribution in [3.63, 3.8) is 0 Å². The molecule has 2 unspecified atom stereocenters. The zero-order valence-corrected chi connectivity index (χ0v) is 12.4. The van der Waals surface area contributed by atoms with E-state index >= 15 is 0 Å². The SMILES string of the molecule is CCC(CCO)NC(=O)NC1CCCc2ccc(F)cc21. The molecule has 0 heterocycles. The van der Waals surface area contributed by atoms with Crippen LogP contribution in [0.25, 0.3) is 0 Å². The monoisotopic (exact) mass is 294 g/mol. The van der Waals surface area contributed by atoms with E-state index in [9.17, 15) is 9.18 Å². The quantitative estimate of drug-likeness (QED) is 0.782. The molecular weight excluding hydrogens is 271 g/mol. The van der Waals surface area contributed by atoms with Crippen LogP contribution >= 0.6 is 0 Å². The minimum absolute atomic E-state index is 0.0365. The number of aryl methyl sites for hydroxylation is 1. The van der Waals surface area contributed by atoms with Gasteiger partial charge in [0.15, 0.2) is 0 Å². The molecule has 1 aromatic carbocycles. The van der Waals surface area contributed by atoms with E-state index < -0.39 is 0 Å². The van der Waals surface area contributed by atoms with Gasteiger partial charge in [-0.05, 0) is 55.4 Å². The summed E-state index contributed by atoms with van der Waals surface area (Å²) in [7, 11) is 0. The van der Waals surface area contributed by atoms with E-state index in [2.05, 4.69) is 10.6 Å². The van der Waals surface area contributed by atoms with Gasteiger partial charge in [-0.15, -0.1) is 0 Å². The summed E-state index contributed by atoms with van der Waals surface area (Å²) >= 11 is 0. The summed E-state index contributed by atoms with van der Waals surface area (Å²) in [4.78, 5) is 12.1. The van der Waals surface area contributed by atoms with Crippen LogP contribution in [0.4, 0.5) is 9.18 Å². The van der Waals surface area contributed by atoms with E-state index in [4.69, 9.17) is 5.11 Å². The number of carbonyl (C=O) groups excluding carboxylic acids is 1. The summed E-state index contributed by atoms with van der Waals surface area (Å²) in [6, 6.07) is 4.36. The molecule has 2 amide bonds. The van der Waals surface area contributed by atoms with Gasteiger partial charge in [0.25, 0.3) is 0 Å². The average Bonchev–Trinajstić information content (AvgIpc) is 2.47. The topological polar surface area (TPSA) is 61.4 Å². The Morgan fingerprint density at radius 1 is 1.52 bits per heavy atom. The van der Waals surface area contributed by atoms with Crippen LogP contribution in [0.1, 0.15) is 49.8 Å². The van der Waals surface area contributed by atoms with Gasteiger partial charge in [-0.25, -0.2) is 9.18 Å². The summed E-state index contributed by atoms with van der Waals surface area (Å²) in [5, 5.41) is 14.7. The van der Waals surface area contributed by atoms with Crippen LogP contribution in [-0.2, 0) is 6.42 Å². The maximum atomic E-state index is 13.4. The Bertz CT molecular complexity index is 493. The number of amides is 2. The number of benzene rings is 1. The third-order valence-corrected chi connectivity index (χ3v) is 4.03. The molecule has 0 bridgehead atoms. The van der Waals surface area contributed by atoms with Crippen molar-refractivity contribution in [2.75, 3.05) is 6.61 Å². The highest BCUT2D eigenvalue weighted by molar-refractivity contribution is 5.75. The molecule has 2 rings (SSSR count). The number of aliphatic hydroxyl groups excluding tert-OH is 1. The lowest BCUT2D eigenvalue weighted by Gasteiger charge is -2.27. The van der Waals surface area contributed by atoms with Gasteiger partial charge >= 0.3 is 6.03 Å². The van der Waals surface area contributed by atoms with Crippen molar-refractivity contribution in [3.05, 3.63) is 35.1 Å². The minimum atomic E-state index is -0.269. The second kappa shape index (κ2) is 7.41. The lowest BCUT2D eigenvalue weighted by atomic mass is 9.87. The summed E-state index contributed by atoms with van der Waals surface area (Å²) in [6.45, 7) is 2.02. The molecule has 0 spiro atoms. The van der Waals surface area contributed by atoms with Crippen molar-refractivity contribution in [2.45, 2.75) is 51.1 Å². The van der Waals surface area contributed by atoms with Crippen LogP contribution in [0.15, 0.2) is 18.2 Å². The lowest BCUT2D eigenvalue weighted by Crippen LogP contribution is -2.44. The number of hydrogen-bond donors (Lipinski definition) is 3. The standard InChI is InChI=1S/C16H23FN2O2/c1-2-13(8-9-20)18-16(21)19-15-5-3-4-11-6-7-12(17)10-14(11)15/h6-7,10,13,15,20H,2-5,8-9H2,1H3,(H2,18,19,21). The molecule has 0 aromatic heterocycles. The lowest BCUT2D eigenvalue weighted by molar-refractivity contribution is 0.223. The van der Waals surface area contributed by atoms with Gasteiger partial charge in [-0.2, -0.15) is 0 Å². The molecule has 5 heteroatoms. The van der Waals surface area contributed by atoms with Crippen molar-refractivity contribution in [2.24, 2.45) is 0 Å². The van der Waals surface area contributed by atoms with E-state index in [1.54, 1.807) is 6.07 Å². The van der Waals surface area contributed by atoms with E-state index in [1.165, 1.54) is 12.1 Å². The predicted octanol–water partition coefficient (Wildman–Crippen LogP) is 2.66. The fourth-order valence-corrected chi connectivity index (χ4v) is 2.84. The van der Waals surface area contributed by atoms with Gasteiger partial charge in [0.2, 0.25) is 0 Å². The summed E-state index contributed by atoms with van der Waals surface area (Å²) in [6.07, 6.45) is 4.04. The molecule has 1 aliphatic carbocycles. The molecule has 4 nitrogen and oxygen atoms in total. The predicted molar refractivity (Wildman–Crippen MR) is 79.5 cm³/mol. The van der Waals surface area contributed by atoms with Crippen LogP contribution in [0.3, 0.4) is 0 Å². The molecule has 1 aromatic rings. The highest BCUT2D eigenvalue weighted by atomic mass is 19.1. The number of nitrogens with one attached hydrogen (secondary N) is 2. The van der Waals surface area contributed by atoms with Crippen molar-refractivity contribution in [3.8, 4) is 0 Å². The van der Waals surface area contributed by atoms with Gasteiger partial charge in [-0.1, -0.05) is 13.0 Å². The second-order valence-electron chi connectivity index (χ2n) is 5.52. The van der Waals surface area contributed by atoms with E-state index in [1.807, 2.05) is 6.92 Å². The Hall–Kier alpha value is -1.62. The van der Waals surface area contributed by atoms with Crippen molar-refractivity contribution >= 4 is 6.03 Å². The Morgan fingerprint density at radius 2 is 2.33 bits per heavy atom. The normalized spacial score (nSPS) is 18.7. The molecule has 0 radical (unpaired) electrons. The zero-order valence-electron chi connectivity index (χ0n) is 12.4. The summed E-state index contributed by atoms with van der Waals surface area (Å²) < 4.78 is 13.4. The first-order valence-electron chi connectivity index (χ1n) is 7.60. The zero-order chi connectivity index (χ0) is 15.2. The molecule has 1 aliphatic rings. The second-order valence-corrected chi connectivity index (χ2v) is 5.52. The smallest absolute Gasteiger partial charge is 0.315 e. The molecule has 0 saturated carbocycles. The molecule has 3 N–H and O–H groups in total. The Labute approximate surface area is 124 Å². The van der Waals surface area contributed by atoms with Gasteiger partial charge in [0.1, 0.15) is 5.82 Å². The van der Waals surface area contributed by atoms with Gasteiger partial charge < -0.3 is 15.7 Å². The van der Waals surface area contributed by atoms with Crippen LogP contribution in [0, 0.1) is 5.82 Å². The molecule has 2 atom stereocenters. The summed E-state index contributed by atoms with van der Waals surface area (Å²) in [5.74, 6) is -0.269. The Kier molecular flexibility index (Phi) is 5.56. The van der Waals surface area contributed by atoms with Gasteiger partial charge in [0.05, 0.1) is 6.04 Å². The third-order valence-electron chi connectivity index (χ3n) is 4.03. The van der Waals surface area contributed by atoms with E-state index in [-0.39, 0.29) is 30.5 Å². The number of urea groups is 1. The number of aliphatic hydroxyl groups is 1. The maximum Gasteiger partial charge on any atom is 0.315 e. The molecule has 0 saturated heterocycles. The number of rotatable bonds is 5. The van der Waals surface area contributed by atoms with Crippen molar-refractivity contribution in [1.82, 2.24) is 10.6 Å². The number of hydrogen-bond acceptors (Lipinski definition) is 2. The molecule has 116 valence electrons. The molecule has 0 aliphatic heterocycles. The number of carbonyl (C=O) groups is 1. The summed E-state index contributed by atoms with van der Waals surface area (Å²) in [5.41, 5.74) is 1.99. The highest BCUT2D eigenvalue weighted by Crippen LogP contribution is 2.30. The fraction of sp³-hybridized carbons (Fsp3) is 0.562. The molecule has 0 fully saturated rings. The van der Waals surface area contributed by atoms with Crippen molar-refractivity contribution in [1.29, 1.82) is 0 Å². The van der Waals surface area contributed by atoms with Gasteiger partial charge in [0, 0.05) is 12.6 Å². The van der Waals surface area contributed by atoms with Gasteiger partial charge in [-0.3, -0.25) is 0 Å². The Morgan fingerprint density at radius 3 is 3.05 bits per heavy atom. The van der Waals surface area contributed by atoms with Crippen LogP contribution < -0.4 is 10.6 Å². The first kappa shape index (κ1) is 15.8. The molecule has 21 heavy (non-hydrogen) atoms. The number of halogens is 1. The minimum Gasteiger partial charge on any atom is -0.396 e.